The quantitative estimate of drug-likeness (QED) is 0.750. The molecule has 1 fully saturated rings. The SMILES string of the molecule is CC[C@]1(c2ccccc2)NC(=O)N(CC(=O)NCc2ccccc2Cl)C1=O. The fourth-order valence-electron chi connectivity index (χ4n) is 3.17. The second-order valence-corrected chi connectivity index (χ2v) is 6.72. The smallest absolute Gasteiger partial charge is 0.325 e. The first-order valence-corrected chi connectivity index (χ1v) is 9.05. The fraction of sp³-hybridized carbons (Fsp3) is 0.250. The fourth-order valence-corrected chi connectivity index (χ4v) is 3.37. The van der Waals surface area contributed by atoms with Gasteiger partial charge in [-0.05, 0) is 23.6 Å². The molecule has 1 aliphatic rings. The Morgan fingerprint density at radius 2 is 1.78 bits per heavy atom. The van der Waals surface area contributed by atoms with E-state index in [4.69, 9.17) is 11.6 Å². The van der Waals surface area contributed by atoms with Gasteiger partial charge >= 0.3 is 6.03 Å². The average Bonchev–Trinajstić information content (AvgIpc) is 2.93. The molecule has 1 saturated heterocycles. The number of nitrogens with zero attached hydrogens (tertiary/aromatic N) is 1. The minimum absolute atomic E-state index is 0.222. The highest BCUT2D eigenvalue weighted by molar-refractivity contribution is 6.31. The first kappa shape index (κ1) is 18.9. The molecule has 140 valence electrons. The Bertz CT molecular complexity index is 872. The topological polar surface area (TPSA) is 78.5 Å². The molecular weight excluding hydrogens is 366 g/mol. The lowest BCUT2D eigenvalue weighted by Gasteiger charge is -2.25. The standard InChI is InChI=1S/C20H20ClN3O3/c1-2-20(15-9-4-3-5-10-15)18(26)24(19(27)23-20)13-17(25)22-12-14-8-6-7-11-16(14)21/h3-11H,2,12-13H2,1H3,(H,22,25)(H,23,27)/t20-/m1/s1. The summed E-state index contributed by atoms with van der Waals surface area (Å²) in [5, 5.41) is 6.00. The molecular formula is C20H20ClN3O3. The van der Waals surface area contributed by atoms with Crippen LogP contribution in [-0.2, 0) is 21.7 Å². The number of rotatable bonds is 6. The number of benzene rings is 2. The van der Waals surface area contributed by atoms with E-state index in [1.165, 1.54) is 0 Å². The molecule has 0 aliphatic carbocycles. The van der Waals surface area contributed by atoms with Crippen LogP contribution < -0.4 is 10.6 Å². The van der Waals surface area contributed by atoms with Crippen LogP contribution in [0.2, 0.25) is 5.02 Å². The number of hydrogen-bond acceptors (Lipinski definition) is 3. The number of halogens is 1. The molecule has 0 aromatic heterocycles. The van der Waals surface area contributed by atoms with Crippen LogP contribution in [0, 0.1) is 0 Å². The number of amides is 4. The van der Waals surface area contributed by atoms with Crippen molar-refractivity contribution in [3.63, 3.8) is 0 Å². The Kier molecular flexibility index (Phi) is 5.46. The Morgan fingerprint density at radius 1 is 1.11 bits per heavy atom. The van der Waals surface area contributed by atoms with Crippen LogP contribution in [0.1, 0.15) is 24.5 Å². The molecule has 7 heteroatoms. The van der Waals surface area contributed by atoms with Crippen molar-refractivity contribution in [1.29, 1.82) is 0 Å². The number of carbonyl (C=O) groups excluding carboxylic acids is 3. The summed E-state index contributed by atoms with van der Waals surface area (Å²) >= 11 is 6.07. The molecule has 2 aromatic carbocycles. The summed E-state index contributed by atoms with van der Waals surface area (Å²) in [6.45, 7) is 1.70. The van der Waals surface area contributed by atoms with Crippen LogP contribution >= 0.6 is 11.6 Å². The lowest BCUT2D eigenvalue weighted by Crippen LogP contribution is -2.44. The van der Waals surface area contributed by atoms with E-state index in [9.17, 15) is 14.4 Å². The van der Waals surface area contributed by atoms with E-state index in [0.29, 0.717) is 17.0 Å². The van der Waals surface area contributed by atoms with Gasteiger partial charge in [0.25, 0.3) is 5.91 Å². The van der Waals surface area contributed by atoms with E-state index in [1.807, 2.05) is 31.2 Å². The highest BCUT2D eigenvalue weighted by Gasteiger charge is 2.51. The number of imide groups is 1. The molecule has 0 bridgehead atoms. The van der Waals surface area contributed by atoms with Crippen molar-refractivity contribution in [2.24, 2.45) is 0 Å². The van der Waals surface area contributed by atoms with Crippen LogP contribution in [0.5, 0.6) is 0 Å². The van der Waals surface area contributed by atoms with E-state index in [-0.39, 0.29) is 13.1 Å². The predicted molar refractivity (Wildman–Crippen MR) is 102 cm³/mol. The number of nitrogens with one attached hydrogen (secondary N) is 2. The number of urea groups is 1. The molecule has 3 rings (SSSR count). The largest absolute Gasteiger partial charge is 0.350 e. The lowest BCUT2D eigenvalue weighted by molar-refractivity contribution is -0.135. The molecule has 6 nitrogen and oxygen atoms in total. The van der Waals surface area contributed by atoms with Gasteiger partial charge in [-0.15, -0.1) is 0 Å². The van der Waals surface area contributed by atoms with Gasteiger partial charge in [-0.3, -0.25) is 14.5 Å². The van der Waals surface area contributed by atoms with Crippen molar-refractivity contribution >= 4 is 29.4 Å². The molecule has 0 saturated carbocycles. The Balaban J connectivity index is 1.70. The molecule has 1 aliphatic heterocycles. The Morgan fingerprint density at radius 3 is 2.44 bits per heavy atom. The summed E-state index contributed by atoms with van der Waals surface area (Å²) in [5.41, 5.74) is 0.322. The molecule has 4 amide bonds. The van der Waals surface area contributed by atoms with Gasteiger partial charge in [0.05, 0.1) is 0 Å². The van der Waals surface area contributed by atoms with Crippen LogP contribution in [0.4, 0.5) is 4.79 Å². The number of hydrogen-bond donors (Lipinski definition) is 2. The third kappa shape index (κ3) is 3.66. The zero-order valence-corrected chi connectivity index (χ0v) is 15.6. The van der Waals surface area contributed by atoms with Crippen LogP contribution in [-0.4, -0.2) is 29.3 Å². The maximum Gasteiger partial charge on any atom is 0.325 e. The molecule has 0 spiro atoms. The van der Waals surface area contributed by atoms with Crippen LogP contribution in [0.15, 0.2) is 54.6 Å². The predicted octanol–water partition coefficient (Wildman–Crippen LogP) is 2.81. The van der Waals surface area contributed by atoms with Crippen LogP contribution in [0.3, 0.4) is 0 Å². The second kappa shape index (κ2) is 7.80. The van der Waals surface area contributed by atoms with Crippen molar-refractivity contribution in [3.05, 3.63) is 70.7 Å². The molecule has 2 aromatic rings. The van der Waals surface area contributed by atoms with Gasteiger partial charge in [0.1, 0.15) is 12.1 Å². The first-order valence-electron chi connectivity index (χ1n) is 8.67. The normalized spacial score (nSPS) is 19.1. The monoisotopic (exact) mass is 385 g/mol. The highest BCUT2D eigenvalue weighted by Crippen LogP contribution is 2.32. The van der Waals surface area contributed by atoms with Crippen molar-refractivity contribution in [1.82, 2.24) is 15.5 Å². The zero-order chi connectivity index (χ0) is 19.4. The molecule has 0 radical (unpaired) electrons. The third-order valence-corrected chi connectivity index (χ3v) is 5.08. The van der Waals surface area contributed by atoms with Gasteiger partial charge in [0, 0.05) is 11.6 Å². The van der Waals surface area contributed by atoms with Crippen molar-refractivity contribution in [2.75, 3.05) is 6.54 Å². The maximum absolute atomic E-state index is 13.0. The van der Waals surface area contributed by atoms with Crippen LogP contribution in [0.25, 0.3) is 0 Å². The first-order chi connectivity index (χ1) is 13.0. The van der Waals surface area contributed by atoms with Gasteiger partial charge in [0.2, 0.25) is 5.91 Å². The van der Waals surface area contributed by atoms with Gasteiger partial charge in [-0.1, -0.05) is 67.1 Å². The van der Waals surface area contributed by atoms with Gasteiger partial charge in [-0.25, -0.2) is 4.79 Å². The zero-order valence-electron chi connectivity index (χ0n) is 14.9. The van der Waals surface area contributed by atoms with Gasteiger partial charge in [0.15, 0.2) is 0 Å². The number of carbonyl (C=O) groups is 3. The Hall–Kier alpha value is -2.86. The van der Waals surface area contributed by atoms with Crippen molar-refractivity contribution in [2.45, 2.75) is 25.4 Å². The summed E-state index contributed by atoms with van der Waals surface area (Å²) in [6.07, 6.45) is 0.388. The lowest BCUT2D eigenvalue weighted by atomic mass is 9.87. The minimum Gasteiger partial charge on any atom is -0.350 e. The molecule has 2 N–H and O–H groups in total. The van der Waals surface area contributed by atoms with E-state index >= 15 is 0 Å². The van der Waals surface area contributed by atoms with E-state index in [1.54, 1.807) is 30.3 Å². The molecule has 0 unspecified atom stereocenters. The third-order valence-electron chi connectivity index (χ3n) is 4.71. The highest BCUT2D eigenvalue weighted by atomic mass is 35.5. The molecule has 1 heterocycles. The summed E-state index contributed by atoms with van der Waals surface area (Å²) in [6, 6.07) is 15.6. The second-order valence-electron chi connectivity index (χ2n) is 6.31. The van der Waals surface area contributed by atoms with E-state index in [0.717, 1.165) is 10.5 Å². The van der Waals surface area contributed by atoms with Gasteiger partial charge in [-0.2, -0.15) is 0 Å². The van der Waals surface area contributed by atoms with E-state index in [2.05, 4.69) is 10.6 Å². The minimum atomic E-state index is -1.14. The van der Waals surface area contributed by atoms with E-state index < -0.39 is 23.4 Å². The summed E-state index contributed by atoms with van der Waals surface area (Å²) in [4.78, 5) is 38.6. The Labute approximate surface area is 162 Å². The van der Waals surface area contributed by atoms with Crippen molar-refractivity contribution in [3.8, 4) is 0 Å². The maximum atomic E-state index is 13.0. The molecule has 1 atom stereocenters. The van der Waals surface area contributed by atoms with Crippen molar-refractivity contribution < 1.29 is 14.4 Å². The van der Waals surface area contributed by atoms with Gasteiger partial charge < -0.3 is 10.6 Å². The summed E-state index contributed by atoms with van der Waals surface area (Å²) in [5.74, 6) is -0.854. The average molecular weight is 386 g/mol. The summed E-state index contributed by atoms with van der Waals surface area (Å²) < 4.78 is 0. The summed E-state index contributed by atoms with van der Waals surface area (Å²) in [7, 11) is 0. The molecule has 27 heavy (non-hydrogen) atoms.